The van der Waals surface area contributed by atoms with Crippen LogP contribution in [-0.4, -0.2) is 51.8 Å². The summed E-state index contributed by atoms with van der Waals surface area (Å²) in [5.41, 5.74) is 0.511. The number of hydrogen-bond acceptors (Lipinski definition) is 8. The van der Waals surface area contributed by atoms with E-state index >= 15 is 0 Å². The van der Waals surface area contributed by atoms with Crippen molar-refractivity contribution in [1.29, 1.82) is 0 Å². The SMILES string of the molecule is CCCOC(=O)CSc1nnc(Cn2cnc3c2c(=O)n(C)c(=O)n3C)n1-c1ccccc1. The number of nitrogens with zero attached hydrogens (tertiary/aromatic N) is 7. The first-order chi connectivity index (χ1) is 15.9. The lowest BCUT2D eigenvalue weighted by Crippen LogP contribution is -2.37. The Kier molecular flexibility index (Phi) is 6.45. The van der Waals surface area contributed by atoms with Crippen molar-refractivity contribution in [2.45, 2.75) is 25.0 Å². The van der Waals surface area contributed by atoms with Crippen molar-refractivity contribution in [2.75, 3.05) is 12.4 Å². The average Bonchev–Trinajstić information content (AvgIpc) is 3.43. The van der Waals surface area contributed by atoms with Crippen molar-refractivity contribution in [3.05, 3.63) is 63.3 Å². The summed E-state index contributed by atoms with van der Waals surface area (Å²) < 4.78 is 11.0. The van der Waals surface area contributed by atoms with Gasteiger partial charge in [-0.3, -0.25) is 23.3 Å². The predicted molar refractivity (Wildman–Crippen MR) is 123 cm³/mol. The van der Waals surface area contributed by atoms with Crippen molar-refractivity contribution in [3.8, 4) is 5.69 Å². The summed E-state index contributed by atoms with van der Waals surface area (Å²) in [6.07, 6.45) is 2.26. The second kappa shape index (κ2) is 9.45. The van der Waals surface area contributed by atoms with Gasteiger partial charge in [-0.25, -0.2) is 9.78 Å². The number of ether oxygens (including phenoxy) is 1. The van der Waals surface area contributed by atoms with Gasteiger partial charge in [-0.15, -0.1) is 10.2 Å². The van der Waals surface area contributed by atoms with E-state index < -0.39 is 11.2 Å². The maximum absolute atomic E-state index is 12.8. The molecular weight excluding hydrogens is 446 g/mol. The fraction of sp³-hybridized carbons (Fsp3) is 0.333. The Morgan fingerprint density at radius 1 is 1.09 bits per heavy atom. The topological polar surface area (TPSA) is 119 Å². The van der Waals surface area contributed by atoms with E-state index in [9.17, 15) is 14.4 Å². The van der Waals surface area contributed by atoms with Gasteiger partial charge in [-0.2, -0.15) is 0 Å². The standard InChI is InChI=1S/C21H23N7O4S/c1-4-10-32-16(29)12-33-20-24-23-15(28(20)14-8-6-5-7-9-14)11-27-13-22-18-17(27)19(30)26(3)21(31)25(18)2/h5-9,13H,4,10-12H2,1-3H3. The Labute approximate surface area is 192 Å². The third-order valence-electron chi connectivity index (χ3n) is 5.03. The zero-order valence-corrected chi connectivity index (χ0v) is 19.3. The van der Waals surface area contributed by atoms with Crippen LogP contribution in [-0.2, 0) is 30.2 Å². The number of aromatic nitrogens is 7. The van der Waals surface area contributed by atoms with Gasteiger partial charge in [0.15, 0.2) is 22.1 Å². The van der Waals surface area contributed by atoms with E-state index in [4.69, 9.17) is 4.74 Å². The number of thioether (sulfide) groups is 1. The maximum Gasteiger partial charge on any atom is 0.332 e. The third kappa shape index (κ3) is 4.33. The molecule has 4 aromatic rings. The minimum Gasteiger partial charge on any atom is -0.465 e. The quantitative estimate of drug-likeness (QED) is 0.278. The second-order valence-corrected chi connectivity index (χ2v) is 8.27. The Morgan fingerprint density at radius 3 is 2.58 bits per heavy atom. The molecule has 0 aliphatic heterocycles. The van der Waals surface area contributed by atoms with E-state index in [0.717, 1.165) is 16.7 Å². The molecule has 0 radical (unpaired) electrons. The number of carbonyl (C=O) groups excluding carboxylic acids is 1. The Morgan fingerprint density at radius 2 is 1.85 bits per heavy atom. The Bertz CT molecular complexity index is 1420. The normalized spacial score (nSPS) is 11.2. The summed E-state index contributed by atoms with van der Waals surface area (Å²) in [4.78, 5) is 41.3. The second-order valence-electron chi connectivity index (χ2n) is 7.33. The Hall–Kier alpha value is -3.67. The highest BCUT2D eigenvalue weighted by molar-refractivity contribution is 7.99. The highest BCUT2D eigenvalue weighted by Gasteiger charge is 2.20. The lowest BCUT2D eigenvalue weighted by Gasteiger charge is -2.11. The van der Waals surface area contributed by atoms with Crippen LogP contribution in [0.25, 0.3) is 16.9 Å². The monoisotopic (exact) mass is 469 g/mol. The predicted octanol–water partition coefficient (Wildman–Crippen LogP) is 1.11. The van der Waals surface area contributed by atoms with Crippen LogP contribution in [0.2, 0.25) is 0 Å². The highest BCUT2D eigenvalue weighted by atomic mass is 32.2. The molecule has 3 heterocycles. The maximum atomic E-state index is 12.8. The van der Waals surface area contributed by atoms with Gasteiger partial charge in [-0.1, -0.05) is 36.9 Å². The van der Waals surface area contributed by atoms with Gasteiger partial charge in [0, 0.05) is 19.8 Å². The lowest BCUT2D eigenvalue weighted by atomic mass is 10.3. The first-order valence-corrected chi connectivity index (χ1v) is 11.3. The molecule has 0 fully saturated rings. The number of hydrogen-bond donors (Lipinski definition) is 0. The zero-order chi connectivity index (χ0) is 23.5. The minimum atomic E-state index is -0.446. The fourth-order valence-electron chi connectivity index (χ4n) is 3.38. The van der Waals surface area contributed by atoms with Crippen molar-refractivity contribution in [2.24, 2.45) is 14.1 Å². The van der Waals surface area contributed by atoms with E-state index in [-0.39, 0.29) is 18.3 Å². The van der Waals surface area contributed by atoms with Crippen LogP contribution in [0.5, 0.6) is 0 Å². The van der Waals surface area contributed by atoms with Gasteiger partial charge >= 0.3 is 11.7 Å². The molecule has 3 aromatic heterocycles. The van der Waals surface area contributed by atoms with Crippen LogP contribution in [0.4, 0.5) is 0 Å². The van der Waals surface area contributed by atoms with E-state index in [2.05, 4.69) is 15.2 Å². The van der Waals surface area contributed by atoms with Gasteiger partial charge in [0.2, 0.25) is 0 Å². The van der Waals surface area contributed by atoms with Gasteiger partial charge < -0.3 is 9.30 Å². The van der Waals surface area contributed by atoms with E-state index in [0.29, 0.717) is 28.8 Å². The first-order valence-electron chi connectivity index (χ1n) is 10.3. The Balaban J connectivity index is 1.73. The molecule has 172 valence electrons. The van der Waals surface area contributed by atoms with Crippen molar-refractivity contribution < 1.29 is 9.53 Å². The van der Waals surface area contributed by atoms with E-state index in [1.165, 1.54) is 29.7 Å². The summed E-state index contributed by atoms with van der Waals surface area (Å²) in [5.74, 6) is 0.318. The van der Waals surface area contributed by atoms with Gasteiger partial charge in [0.25, 0.3) is 5.56 Å². The average molecular weight is 470 g/mol. The largest absolute Gasteiger partial charge is 0.465 e. The molecule has 12 heteroatoms. The number of carbonyl (C=O) groups is 1. The van der Waals surface area contributed by atoms with E-state index in [1.807, 2.05) is 41.8 Å². The van der Waals surface area contributed by atoms with Crippen LogP contribution < -0.4 is 11.2 Å². The minimum absolute atomic E-state index is 0.0988. The first kappa shape index (κ1) is 22.5. The molecule has 0 aliphatic rings. The number of rotatable bonds is 8. The highest BCUT2D eigenvalue weighted by Crippen LogP contribution is 2.23. The molecule has 0 N–H and O–H groups in total. The van der Waals surface area contributed by atoms with Crippen molar-refractivity contribution in [3.63, 3.8) is 0 Å². The number of para-hydroxylation sites is 1. The summed E-state index contributed by atoms with van der Waals surface area (Å²) >= 11 is 1.23. The van der Waals surface area contributed by atoms with Gasteiger partial charge in [-0.05, 0) is 18.6 Å². The zero-order valence-electron chi connectivity index (χ0n) is 18.5. The molecule has 33 heavy (non-hydrogen) atoms. The summed E-state index contributed by atoms with van der Waals surface area (Å²) in [5, 5.41) is 9.12. The molecule has 0 spiro atoms. The third-order valence-corrected chi connectivity index (χ3v) is 5.93. The number of aryl methyl sites for hydroxylation is 1. The molecule has 0 amide bonds. The number of imidazole rings is 1. The molecule has 0 atom stereocenters. The van der Waals surface area contributed by atoms with Crippen molar-refractivity contribution in [1.82, 2.24) is 33.4 Å². The molecule has 0 unspecified atom stereocenters. The summed E-state index contributed by atoms with van der Waals surface area (Å²) in [6, 6.07) is 9.49. The number of fused-ring (bicyclic) bond motifs is 1. The fourth-order valence-corrected chi connectivity index (χ4v) is 4.15. The van der Waals surface area contributed by atoms with Crippen LogP contribution >= 0.6 is 11.8 Å². The molecule has 0 bridgehead atoms. The molecule has 0 aliphatic carbocycles. The molecule has 4 rings (SSSR count). The van der Waals surface area contributed by atoms with Crippen LogP contribution in [0.15, 0.2) is 51.4 Å². The van der Waals surface area contributed by atoms with Crippen molar-refractivity contribution >= 4 is 28.9 Å². The van der Waals surface area contributed by atoms with Crippen LogP contribution in [0, 0.1) is 0 Å². The summed E-state index contributed by atoms with van der Waals surface area (Å²) in [6.45, 7) is 2.50. The van der Waals surface area contributed by atoms with Gasteiger partial charge in [0.05, 0.1) is 25.2 Å². The molecular formula is C21H23N7O4S. The number of esters is 1. The molecule has 11 nitrogen and oxygen atoms in total. The van der Waals surface area contributed by atoms with Gasteiger partial charge in [0.1, 0.15) is 0 Å². The molecule has 1 aromatic carbocycles. The van der Waals surface area contributed by atoms with Crippen LogP contribution in [0.3, 0.4) is 0 Å². The molecule has 0 saturated carbocycles. The lowest BCUT2D eigenvalue weighted by molar-refractivity contribution is -0.140. The number of benzene rings is 1. The van der Waals surface area contributed by atoms with Crippen LogP contribution in [0.1, 0.15) is 19.2 Å². The summed E-state index contributed by atoms with van der Waals surface area (Å²) in [7, 11) is 3.00. The smallest absolute Gasteiger partial charge is 0.332 e. The van der Waals surface area contributed by atoms with E-state index in [1.54, 1.807) is 11.6 Å². The molecule has 0 saturated heterocycles.